The Balaban J connectivity index is 0.00000182. The number of aromatic nitrogens is 1. The van der Waals surface area contributed by atoms with E-state index in [0.717, 1.165) is 35.6 Å². The Labute approximate surface area is 183 Å². The lowest BCUT2D eigenvalue weighted by molar-refractivity contribution is 0.411. The Morgan fingerprint density at radius 2 is 1.81 bits per heavy atom. The van der Waals surface area contributed by atoms with E-state index >= 15 is 0 Å². The number of halogens is 4. The quantitative estimate of drug-likeness (QED) is 0.527. The van der Waals surface area contributed by atoms with Crippen LogP contribution in [0.15, 0.2) is 35.6 Å². The van der Waals surface area contributed by atoms with Gasteiger partial charge in [0, 0.05) is 36.8 Å². The van der Waals surface area contributed by atoms with Crippen LogP contribution in [-0.4, -0.2) is 24.4 Å². The maximum Gasteiger partial charge on any atom is 0.128 e. The lowest BCUT2D eigenvalue weighted by atomic mass is 9.82. The molecule has 0 aliphatic carbocycles. The van der Waals surface area contributed by atoms with Crippen molar-refractivity contribution in [2.75, 3.05) is 13.7 Å². The molecule has 1 unspecified atom stereocenters. The molecule has 148 valence electrons. The van der Waals surface area contributed by atoms with Gasteiger partial charge in [-0.05, 0) is 29.5 Å². The minimum Gasteiger partial charge on any atom is -0.496 e. The molecule has 0 N–H and O–H groups in total. The lowest BCUT2D eigenvalue weighted by Gasteiger charge is -2.28. The summed E-state index contributed by atoms with van der Waals surface area (Å²) < 4.78 is 5.64. The maximum atomic E-state index is 6.31. The van der Waals surface area contributed by atoms with Crippen molar-refractivity contribution in [2.45, 2.75) is 32.6 Å². The molecule has 1 atom stereocenters. The van der Waals surface area contributed by atoms with E-state index in [-0.39, 0.29) is 24.8 Å². The van der Waals surface area contributed by atoms with Crippen LogP contribution in [0.1, 0.15) is 42.9 Å². The Bertz CT molecular complexity index is 788. The number of methoxy groups -OCH3 is 1. The van der Waals surface area contributed by atoms with Crippen molar-refractivity contribution in [3.8, 4) is 5.75 Å². The summed E-state index contributed by atoms with van der Waals surface area (Å²) >= 11 is 12.6. The number of rotatable bonds is 5. The molecule has 0 bridgehead atoms. The third kappa shape index (κ3) is 5.29. The van der Waals surface area contributed by atoms with Gasteiger partial charge in [-0.15, -0.1) is 24.8 Å². The van der Waals surface area contributed by atoms with Crippen molar-refractivity contribution in [3.63, 3.8) is 0 Å². The van der Waals surface area contributed by atoms with Crippen LogP contribution in [0.2, 0.25) is 10.0 Å². The van der Waals surface area contributed by atoms with Crippen LogP contribution in [0.25, 0.3) is 0 Å². The highest BCUT2D eigenvalue weighted by molar-refractivity contribution is 6.36. The minimum absolute atomic E-state index is 0. The molecule has 0 radical (unpaired) electrons. The molecular formula is C20H24Cl4N2O. The van der Waals surface area contributed by atoms with E-state index in [1.807, 2.05) is 6.07 Å². The largest absolute Gasteiger partial charge is 0.496 e. The fourth-order valence-electron chi connectivity index (χ4n) is 3.45. The smallest absolute Gasteiger partial charge is 0.128 e. The van der Waals surface area contributed by atoms with Crippen molar-refractivity contribution in [3.05, 3.63) is 57.3 Å². The zero-order valence-electron chi connectivity index (χ0n) is 15.5. The van der Waals surface area contributed by atoms with Crippen molar-refractivity contribution < 1.29 is 4.74 Å². The van der Waals surface area contributed by atoms with E-state index < -0.39 is 0 Å². The fourth-order valence-corrected chi connectivity index (χ4v) is 3.95. The van der Waals surface area contributed by atoms with Gasteiger partial charge in [0.1, 0.15) is 5.75 Å². The van der Waals surface area contributed by atoms with Gasteiger partial charge in [0.25, 0.3) is 0 Å². The zero-order valence-corrected chi connectivity index (χ0v) is 18.7. The highest BCUT2D eigenvalue weighted by Gasteiger charge is 2.27. The Kier molecular flexibility index (Phi) is 9.36. The highest BCUT2D eigenvalue weighted by Crippen LogP contribution is 2.37. The predicted molar refractivity (Wildman–Crippen MR) is 119 cm³/mol. The molecule has 1 aromatic heterocycles. The monoisotopic (exact) mass is 448 g/mol. The Morgan fingerprint density at radius 3 is 2.41 bits per heavy atom. The number of ether oxygens (including phenoxy) is 1. The van der Waals surface area contributed by atoms with Gasteiger partial charge >= 0.3 is 0 Å². The first-order valence-electron chi connectivity index (χ1n) is 8.49. The molecule has 0 spiro atoms. The number of hydrogen-bond donors (Lipinski definition) is 0. The first kappa shape index (κ1) is 24.0. The number of nitrogens with zero attached hydrogens (tertiary/aromatic N) is 2. The molecule has 0 amide bonds. The van der Waals surface area contributed by atoms with Gasteiger partial charge in [-0.3, -0.25) is 9.98 Å². The average Bonchev–Trinajstić information content (AvgIpc) is 2.59. The van der Waals surface area contributed by atoms with Gasteiger partial charge in [0.15, 0.2) is 0 Å². The second-order valence-corrected chi connectivity index (χ2v) is 7.61. The molecule has 1 aliphatic rings. The molecule has 0 saturated heterocycles. The van der Waals surface area contributed by atoms with E-state index in [0.29, 0.717) is 28.3 Å². The second-order valence-electron chi connectivity index (χ2n) is 6.80. The van der Waals surface area contributed by atoms with Crippen molar-refractivity contribution in [1.29, 1.82) is 0 Å². The molecule has 1 aromatic carbocycles. The summed E-state index contributed by atoms with van der Waals surface area (Å²) in [5, 5.41) is 1.13. The third-order valence-electron chi connectivity index (χ3n) is 4.56. The van der Waals surface area contributed by atoms with Crippen LogP contribution in [0.5, 0.6) is 5.75 Å². The summed E-state index contributed by atoms with van der Waals surface area (Å²) in [5.41, 5.74) is 4.23. The summed E-state index contributed by atoms with van der Waals surface area (Å²) in [4.78, 5) is 8.92. The summed E-state index contributed by atoms with van der Waals surface area (Å²) in [6.45, 7) is 5.28. The van der Waals surface area contributed by atoms with Crippen LogP contribution in [0.3, 0.4) is 0 Å². The maximum absolute atomic E-state index is 6.31. The second kappa shape index (κ2) is 10.5. The molecule has 0 fully saturated rings. The number of pyridine rings is 1. The van der Waals surface area contributed by atoms with Gasteiger partial charge in [-0.2, -0.15) is 0 Å². The van der Waals surface area contributed by atoms with E-state index in [9.17, 15) is 0 Å². The molecule has 1 aliphatic heterocycles. The Morgan fingerprint density at radius 1 is 1.15 bits per heavy atom. The molecule has 7 heteroatoms. The molecular weight excluding hydrogens is 426 g/mol. The van der Waals surface area contributed by atoms with Gasteiger partial charge < -0.3 is 4.74 Å². The molecule has 27 heavy (non-hydrogen) atoms. The van der Waals surface area contributed by atoms with Gasteiger partial charge in [-0.25, -0.2) is 0 Å². The standard InChI is InChI=1S/C20H22Cl2N2O.2ClH/c1-12(2)7-13-9-24-18(8-15-16(21)10-23-11-17(15)22)20-14(13)5-4-6-19(20)25-3;;/h4-6,10-13H,7-9H2,1-3H3;2*1H. The molecule has 0 saturated carbocycles. The van der Waals surface area contributed by atoms with E-state index in [1.165, 1.54) is 5.56 Å². The normalized spacial score (nSPS) is 15.3. The minimum atomic E-state index is 0. The number of hydrogen-bond acceptors (Lipinski definition) is 3. The average molecular weight is 450 g/mol. The van der Waals surface area contributed by atoms with Crippen molar-refractivity contribution in [1.82, 2.24) is 4.98 Å². The van der Waals surface area contributed by atoms with E-state index in [2.05, 4.69) is 31.0 Å². The van der Waals surface area contributed by atoms with Crippen LogP contribution in [-0.2, 0) is 6.42 Å². The van der Waals surface area contributed by atoms with Crippen LogP contribution >= 0.6 is 48.0 Å². The van der Waals surface area contributed by atoms with Crippen LogP contribution in [0, 0.1) is 5.92 Å². The number of aliphatic imine (C=N–C) groups is 1. The zero-order chi connectivity index (χ0) is 18.0. The summed E-state index contributed by atoms with van der Waals surface area (Å²) in [6.07, 6.45) is 4.92. The Hall–Kier alpha value is -1.000. The van der Waals surface area contributed by atoms with E-state index in [1.54, 1.807) is 19.5 Å². The first-order valence-corrected chi connectivity index (χ1v) is 9.25. The van der Waals surface area contributed by atoms with Crippen molar-refractivity contribution in [2.24, 2.45) is 10.9 Å². The van der Waals surface area contributed by atoms with Crippen LogP contribution < -0.4 is 4.74 Å². The predicted octanol–water partition coefficient (Wildman–Crippen LogP) is 6.42. The molecule has 2 aromatic rings. The first-order chi connectivity index (χ1) is 12.0. The summed E-state index contributed by atoms with van der Waals surface area (Å²) in [5.74, 6) is 1.88. The molecule has 2 heterocycles. The SMILES string of the molecule is COc1cccc2c1C(Cc1c(Cl)cncc1Cl)=NCC2CC(C)C.Cl.Cl. The van der Waals surface area contributed by atoms with Crippen LogP contribution in [0.4, 0.5) is 0 Å². The topological polar surface area (TPSA) is 34.5 Å². The van der Waals surface area contributed by atoms with Crippen molar-refractivity contribution >= 4 is 53.7 Å². The highest BCUT2D eigenvalue weighted by atomic mass is 35.5. The molecule has 3 nitrogen and oxygen atoms in total. The summed E-state index contributed by atoms with van der Waals surface area (Å²) in [6, 6.07) is 6.23. The van der Waals surface area contributed by atoms with Gasteiger partial charge in [0.05, 0.1) is 22.9 Å². The molecule has 3 rings (SSSR count). The van der Waals surface area contributed by atoms with Gasteiger partial charge in [0.2, 0.25) is 0 Å². The summed E-state index contributed by atoms with van der Waals surface area (Å²) in [7, 11) is 1.70. The van der Waals surface area contributed by atoms with Gasteiger partial charge in [-0.1, -0.05) is 49.2 Å². The number of benzene rings is 1. The third-order valence-corrected chi connectivity index (χ3v) is 5.21. The fraction of sp³-hybridized carbons (Fsp3) is 0.400. The van der Waals surface area contributed by atoms with E-state index in [4.69, 9.17) is 32.9 Å². The lowest BCUT2D eigenvalue weighted by Crippen LogP contribution is -2.21. The number of fused-ring (bicyclic) bond motifs is 1.